The molecule has 0 aromatic heterocycles. The average Bonchev–Trinajstić information content (AvgIpc) is 2.49. The molecule has 0 aliphatic carbocycles. The molecular formula is C18H17Al. The minimum Gasteiger partial charge on any atom is -0.392 e. The second-order valence-electron chi connectivity index (χ2n) is 3.48. The standard InChI is InChI=1S/C16H12.C2H5.Al/c1-14(16-10-6-3-7-11-16)12-13-15-8-4-2-5-9-15;1-2;/h1-11,13H;1H2,2H3;/q-2;-1;+3. The first-order valence-electron chi connectivity index (χ1n) is 5.89. The molecule has 0 radical (unpaired) electrons. The first-order valence-corrected chi connectivity index (χ1v) is 5.89. The smallest absolute Gasteiger partial charge is 0.392 e. The van der Waals surface area contributed by atoms with E-state index in [9.17, 15) is 0 Å². The Balaban J connectivity index is 0.00000103. The molecule has 0 atom stereocenters. The molecule has 2 rings (SSSR count). The minimum absolute atomic E-state index is 0. The van der Waals surface area contributed by atoms with Gasteiger partial charge in [0.1, 0.15) is 0 Å². The van der Waals surface area contributed by atoms with Gasteiger partial charge >= 0.3 is 17.4 Å². The number of rotatable bonds is 3. The van der Waals surface area contributed by atoms with Crippen molar-refractivity contribution in [3.05, 3.63) is 91.4 Å². The summed E-state index contributed by atoms with van der Waals surface area (Å²) in [7, 11) is 0. The van der Waals surface area contributed by atoms with Crippen molar-refractivity contribution in [2.24, 2.45) is 0 Å². The minimum atomic E-state index is 0. The molecule has 0 unspecified atom stereocenters. The fraction of sp³-hybridized carbons (Fsp3) is 0.0556. The van der Waals surface area contributed by atoms with Crippen LogP contribution in [0.25, 0.3) is 11.6 Å². The number of benzene rings is 2. The number of allylic oxidation sites excluding steroid dienone is 2. The number of hydrogen-bond acceptors (Lipinski definition) is 0. The van der Waals surface area contributed by atoms with Crippen molar-refractivity contribution in [2.45, 2.75) is 6.92 Å². The summed E-state index contributed by atoms with van der Waals surface area (Å²) in [6, 6.07) is 19.9. The van der Waals surface area contributed by atoms with Crippen LogP contribution in [0.1, 0.15) is 18.1 Å². The summed E-state index contributed by atoms with van der Waals surface area (Å²) in [6.45, 7) is 10.9. The van der Waals surface area contributed by atoms with Crippen molar-refractivity contribution in [3.8, 4) is 0 Å². The van der Waals surface area contributed by atoms with Crippen LogP contribution in [0.15, 0.2) is 60.7 Å². The van der Waals surface area contributed by atoms with Crippen LogP contribution >= 0.6 is 0 Å². The van der Waals surface area contributed by atoms with Crippen LogP contribution in [0.5, 0.6) is 0 Å². The van der Waals surface area contributed by atoms with Crippen molar-refractivity contribution in [3.63, 3.8) is 0 Å². The first-order chi connectivity index (χ1) is 8.86. The van der Waals surface area contributed by atoms with E-state index in [2.05, 4.69) is 13.0 Å². The molecule has 0 bridgehead atoms. The molecule has 0 saturated heterocycles. The van der Waals surface area contributed by atoms with E-state index in [1.54, 1.807) is 6.92 Å². The first kappa shape index (κ1) is 17.5. The second-order valence-corrected chi connectivity index (χ2v) is 3.48. The van der Waals surface area contributed by atoms with Crippen LogP contribution in [0.3, 0.4) is 0 Å². The Morgan fingerprint density at radius 1 is 0.947 bits per heavy atom. The molecule has 0 aliphatic heterocycles. The molecule has 19 heavy (non-hydrogen) atoms. The Hall–Kier alpha value is -1.55. The molecule has 0 amide bonds. The van der Waals surface area contributed by atoms with Crippen LogP contribution < -0.4 is 0 Å². The van der Waals surface area contributed by atoms with Gasteiger partial charge in [-0.05, 0) is 5.56 Å². The number of hydrogen-bond donors (Lipinski definition) is 0. The van der Waals surface area contributed by atoms with Crippen molar-refractivity contribution < 1.29 is 0 Å². The Morgan fingerprint density at radius 2 is 1.42 bits per heavy atom. The Labute approximate surface area is 127 Å². The van der Waals surface area contributed by atoms with Crippen LogP contribution in [-0.4, -0.2) is 17.4 Å². The summed E-state index contributed by atoms with van der Waals surface area (Å²) in [5.74, 6) is 0. The van der Waals surface area contributed by atoms with Gasteiger partial charge in [-0.15, -0.1) is 0 Å². The molecule has 2 aromatic carbocycles. The van der Waals surface area contributed by atoms with E-state index in [-0.39, 0.29) is 17.4 Å². The molecule has 2 aromatic rings. The normalized spacial score (nSPS) is 9.16. The maximum Gasteiger partial charge on any atom is 3.00 e. The molecule has 0 N–H and O–H groups in total. The third kappa shape index (κ3) is 6.25. The zero-order valence-corrected chi connectivity index (χ0v) is 12.4. The van der Waals surface area contributed by atoms with Crippen LogP contribution in [0.4, 0.5) is 0 Å². The van der Waals surface area contributed by atoms with Gasteiger partial charge in [0.2, 0.25) is 0 Å². The Morgan fingerprint density at radius 3 is 1.95 bits per heavy atom. The zero-order chi connectivity index (χ0) is 13.2. The van der Waals surface area contributed by atoms with Gasteiger partial charge in [-0.3, -0.25) is 0 Å². The fourth-order valence-electron chi connectivity index (χ4n) is 1.41. The van der Waals surface area contributed by atoms with Gasteiger partial charge in [0.25, 0.3) is 0 Å². The molecule has 0 heterocycles. The van der Waals surface area contributed by atoms with Crippen LogP contribution in [-0.2, 0) is 0 Å². The van der Waals surface area contributed by atoms with E-state index in [4.69, 9.17) is 6.58 Å². The molecule has 0 fully saturated rings. The van der Waals surface area contributed by atoms with Crippen LogP contribution in [0, 0.1) is 19.6 Å². The van der Waals surface area contributed by atoms with E-state index in [0.717, 1.165) is 11.1 Å². The van der Waals surface area contributed by atoms with E-state index in [1.807, 2.05) is 66.7 Å². The van der Waals surface area contributed by atoms with E-state index in [0.29, 0.717) is 5.57 Å². The molecular weight excluding hydrogens is 243 g/mol. The van der Waals surface area contributed by atoms with Gasteiger partial charge in [0, 0.05) is 0 Å². The van der Waals surface area contributed by atoms with Gasteiger partial charge in [-0.25, -0.2) is 5.56 Å². The quantitative estimate of drug-likeness (QED) is 0.433. The summed E-state index contributed by atoms with van der Waals surface area (Å²) < 4.78 is 0. The fourth-order valence-corrected chi connectivity index (χ4v) is 1.41. The van der Waals surface area contributed by atoms with Gasteiger partial charge in [0.05, 0.1) is 0 Å². The van der Waals surface area contributed by atoms with Gasteiger partial charge in [0.15, 0.2) is 0 Å². The molecule has 0 aliphatic rings. The monoisotopic (exact) mass is 260 g/mol. The predicted molar refractivity (Wildman–Crippen MR) is 85.1 cm³/mol. The molecule has 0 nitrogen and oxygen atoms in total. The third-order valence-corrected chi connectivity index (χ3v) is 2.28. The van der Waals surface area contributed by atoms with E-state index < -0.39 is 0 Å². The van der Waals surface area contributed by atoms with Gasteiger partial charge in [-0.1, -0.05) is 48.5 Å². The average molecular weight is 260 g/mol. The van der Waals surface area contributed by atoms with Crippen molar-refractivity contribution in [2.75, 3.05) is 0 Å². The third-order valence-electron chi connectivity index (χ3n) is 2.28. The zero-order valence-electron chi connectivity index (χ0n) is 11.2. The van der Waals surface area contributed by atoms with Crippen molar-refractivity contribution >= 4 is 29.0 Å². The molecule has 92 valence electrons. The maximum atomic E-state index is 5.92. The van der Waals surface area contributed by atoms with Crippen molar-refractivity contribution in [1.82, 2.24) is 0 Å². The summed E-state index contributed by atoms with van der Waals surface area (Å²) in [6.07, 6.45) is 4.98. The summed E-state index contributed by atoms with van der Waals surface area (Å²) in [4.78, 5) is 0. The summed E-state index contributed by atoms with van der Waals surface area (Å²) in [5, 5.41) is 0. The predicted octanol–water partition coefficient (Wildman–Crippen LogP) is 4.48. The summed E-state index contributed by atoms with van der Waals surface area (Å²) in [5.41, 5.74) is 2.75. The van der Waals surface area contributed by atoms with Crippen molar-refractivity contribution in [1.29, 1.82) is 0 Å². The largest absolute Gasteiger partial charge is 3.00 e. The van der Waals surface area contributed by atoms with Crippen LogP contribution in [0.2, 0.25) is 0 Å². The van der Waals surface area contributed by atoms with E-state index in [1.165, 1.54) is 0 Å². The topological polar surface area (TPSA) is 0 Å². The Kier molecular flexibility index (Phi) is 9.54. The molecule has 0 saturated carbocycles. The maximum absolute atomic E-state index is 5.92. The Bertz CT molecular complexity index is 484. The van der Waals surface area contributed by atoms with E-state index >= 15 is 0 Å². The second kappa shape index (κ2) is 10.4. The summed E-state index contributed by atoms with van der Waals surface area (Å²) >= 11 is 0. The molecule has 0 spiro atoms. The van der Waals surface area contributed by atoms with Gasteiger partial charge < -0.3 is 25.2 Å². The SMILES string of the molecule is [Al+3].[CH-]=C([C-]=Cc1ccccc1)c1ccccc1.[CH2-]C. The molecule has 1 heteroatoms. The van der Waals surface area contributed by atoms with Gasteiger partial charge in [-0.2, -0.15) is 25.1 Å².